The van der Waals surface area contributed by atoms with Crippen LogP contribution in [0, 0.1) is 0 Å². The molecule has 1 saturated heterocycles. The van der Waals surface area contributed by atoms with E-state index in [1.165, 1.54) is 6.42 Å². The van der Waals surface area contributed by atoms with Gasteiger partial charge in [0.25, 0.3) is 0 Å². The van der Waals surface area contributed by atoms with Crippen molar-refractivity contribution in [2.24, 2.45) is 0 Å². The van der Waals surface area contributed by atoms with Crippen LogP contribution in [0.15, 0.2) is 0 Å². The van der Waals surface area contributed by atoms with E-state index in [0.29, 0.717) is 4.83 Å². The van der Waals surface area contributed by atoms with Gasteiger partial charge in [-0.15, -0.1) is 0 Å². The highest BCUT2D eigenvalue weighted by atomic mass is 79.9. The molecule has 0 aliphatic carbocycles. The maximum Gasteiger partial charge on any atom is 0.410 e. The van der Waals surface area contributed by atoms with Crippen LogP contribution >= 0.6 is 15.9 Å². The molecule has 0 aromatic carbocycles. The number of hydrogen-bond donors (Lipinski definition) is 0. The molecule has 1 fully saturated rings. The van der Waals surface area contributed by atoms with E-state index in [9.17, 15) is 4.79 Å². The molecule has 0 aromatic heterocycles. The third kappa shape index (κ3) is 3.96. The first kappa shape index (κ1) is 13.8. The average molecular weight is 292 g/mol. The summed E-state index contributed by atoms with van der Waals surface area (Å²) in [6, 6.07) is 0.267. The van der Waals surface area contributed by atoms with Gasteiger partial charge in [0.2, 0.25) is 0 Å². The Bertz CT molecular complexity index is 248. The largest absolute Gasteiger partial charge is 0.444 e. The van der Waals surface area contributed by atoms with E-state index in [0.717, 1.165) is 19.4 Å². The summed E-state index contributed by atoms with van der Waals surface area (Å²) in [6.45, 7) is 8.62. The summed E-state index contributed by atoms with van der Waals surface area (Å²) in [6.07, 6.45) is 3.16. The summed E-state index contributed by atoms with van der Waals surface area (Å²) in [5.41, 5.74) is -0.408. The van der Waals surface area contributed by atoms with Gasteiger partial charge in [-0.3, -0.25) is 0 Å². The van der Waals surface area contributed by atoms with E-state index in [-0.39, 0.29) is 12.1 Å². The smallest absolute Gasteiger partial charge is 0.410 e. The Morgan fingerprint density at radius 1 is 1.44 bits per heavy atom. The highest BCUT2D eigenvalue weighted by Crippen LogP contribution is 2.25. The zero-order chi connectivity index (χ0) is 12.3. The van der Waals surface area contributed by atoms with Gasteiger partial charge in [-0.1, -0.05) is 22.9 Å². The lowest BCUT2D eigenvalue weighted by Gasteiger charge is -2.38. The van der Waals surface area contributed by atoms with E-state index < -0.39 is 5.60 Å². The van der Waals surface area contributed by atoms with Gasteiger partial charge >= 0.3 is 6.09 Å². The molecule has 94 valence electrons. The lowest BCUT2D eigenvalue weighted by atomic mass is 10.0. The Hall–Kier alpha value is -0.250. The third-order valence-corrected chi connectivity index (χ3v) is 3.32. The quantitative estimate of drug-likeness (QED) is 0.692. The van der Waals surface area contributed by atoms with Crippen molar-refractivity contribution in [2.75, 3.05) is 6.54 Å². The molecular weight excluding hydrogens is 270 g/mol. The zero-order valence-electron chi connectivity index (χ0n) is 10.6. The highest BCUT2D eigenvalue weighted by Gasteiger charge is 2.32. The van der Waals surface area contributed by atoms with Crippen molar-refractivity contribution in [1.29, 1.82) is 0 Å². The van der Waals surface area contributed by atoms with E-state index >= 15 is 0 Å². The fraction of sp³-hybridized carbons (Fsp3) is 0.917. The molecule has 1 aliphatic rings. The molecule has 0 bridgehead atoms. The maximum atomic E-state index is 12.0. The summed E-state index contributed by atoms with van der Waals surface area (Å²) < 4.78 is 5.42. The summed E-state index contributed by atoms with van der Waals surface area (Å²) in [5, 5.41) is 0. The molecule has 1 aliphatic heterocycles. The number of alkyl halides is 1. The summed E-state index contributed by atoms with van der Waals surface area (Å²) in [5.74, 6) is 0. The Morgan fingerprint density at radius 2 is 2.06 bits per heavy atom. The first-order chi connectivity index (χ1) is 7.31. The van der Waals surface area contributed by atoms with Crippen molar-refractivity contribution >= 4 is 22.0 Å². The molecule has 0 saturated carbocycles. The Kier molecular flexibility index (Phi) is 4.65. The first-order valence-electron chi connectivity index (χ1n) is 5.95. The number of carbonyl (C=O) groups is 1. The number of hydrogen-bond acceptors (Lipinski definition) is 2. The van der Waals surface area contributed by atoms with Crippen LogP contribution in [-0.4, -0.2) is 34.0 Å². The number of nitrogens with zero attached hydrogens (tertiary/aromatic N) is 1. The summed E-state index contributed by atoms with van der Waals surface area (Å²) in [7, 11) is 0. The van der Waals surface area contributed by atoms with Crippen LogP contribution in [0.2, 0.25) is 0 Å². The number of rotatable bonds is 1. The molecule has 1 heterocycles. The van der Waals surface area contributed by atoms with Crippen LogP contribution in [0.5, 0.6) is 0 Å². The second-order valence-electron chi connectivity index (χ2n) is 5.41. The first-order valence-corrected chi connectivity index (χ1v) is 6.86. The van der Waals surface area contributed by atoms with Gasteiger partial charge in [-0.2, -0.15) is 0 Å². The highest BCUT2D eigenvalue weighted by molar-refractivity contribution is 9.09. The standard InChI is InChI=1S/C12H22BrNO2/c1-9(13)10-7-5-6-8-14(10)11(15)16-12(2,3)4/h9-10H,5-8H2,1-4H3/t9-,10+/m1/s1. The van der Waals surface area contributed by atoms with Gasteiger partial charge in [0.1, 0.15) is 5.60 Å². The van der Waals surface area contributed by atoms with Crippen molar-refractivity contribution in [1.82, 2.24) is 4.90 Å². The number of likely N-dealkylation sites (tertiary alicyclic amines) is 1. The number of piperidine rings is 1. The van der Waals surface area contributed by atoms with Gasteiger partial charge in [0.05, 0.1) is 0 Å². The molecule has 0 aromatic rings. The SMILES string of the molecule is C[C@@H](Br)[C@@H]1CCCCN1C(=O)OC(C)(C)C. The van der Waals surface area contributed by atoms with Crippen molar-refractivity contribution < 1.29 is 9.53 Å². The molecule has 0 N–H and O–H groups in total. The van der Waals surface area contributed by atoms with Crippen LogP contribution in [0.25, 0.3) is 0 Å². The summed E-state index contributed by atoms with van der Waals surface area (Å²) >= 11 is 3.57. The molecule has 1 amide bonds. The molecule has 16 heavy (non-hydrogen) atoms. The van der Waals surface area contributed by atoms with Gasteiger partial charge in [0, 0.05) is 17.4 Å². The molecular formula is C12H22BrNO2. The van der Waals surface area contributed by atoms with Crippen molar-refractivity contribution in [3.63, 3.8) is 0 Å². The van der Waals surface area contributed by atoms with E-state index in [2.05, 4.69) is 22.9 Å². The predicted molar refractivity (Wildman–Crippen MR) is 69.0 cm³/mol. The van der Waals surface area contributed by atoms with Crippen molar-refractivity contribution in [3.05, 3.63) is 0 Å². The van der Waals surface area contributed by atoms with Gasteiger partial charge in [0.15, 0.2) is 0 Å². The minimum atomic E-state index is -0.408. The molecule has 0 unspecified atom stereocenters. The maximum absolute atomic E-state index is 12.0. The Balaban J connectivity index is 2.64. The van der Waals surface area contributed by atoms with Crippen LogP contribution in [0.1, 0.15) is 47.0 Å². The Labute approximate surface area is 107 Å². The van der Waals surface area contributed by atoms with E-state index in [4.69, 9.17) is 4.74 Å². The zero-order valence-corrected chi connectivity index (χ0v) is 12.2. The Morgan fingerprint density at radius 3 is 2.56 bits per heavy atom. The van der Waals surface area contributed by atoms with Gasteiger partial charge in [-0.25, -0.2) is 4.79 Å². The molecule has 3 nitrogen and oxygen atoms in total. The van der Waals surface area contributed by atoms with Crippen LogP contribution in [0.3, 0.4) is 0 Å². The normalized spacial score (nSPS) is 24.1. The molecule has 0 spiro atoms. The molecule has 0 radical (unpaired) electrons. The van der Waals surface area contributed by atoms with Crippen LogP contribution in [-0.2, 0) is 4.74 Å². The minimum Gasteiger partial charge on any atom is -0.444 e. The number of ether oxygens (including phenoxy) is 1. The topological polar surface area (TPSA) is 29.5 Å². The fourth-order valence-electron chi connectivity index (χ4n) is 1.98. The number of amides is 1. The third-order valence-electron chi connectivity index (χ3n) is 2.71. The monoisotopic (exact) mass is 291 g/mol. The van der Waals surface area contributed by atoms with Gasteiger partial charge < -0.3 is 9.64 Å². The van der Waals surface area contributed by atoms with Crippen molar-refractivity contribution in [2.45, 2.75) is 63.4 Å². The van der Waals surface area contributed by atoms with Crippen LogP contribution in [0.4, 0.5) is 4.79 Å². The fourth-order valence-corrected chi connectivity index (χ4v) is 2.53. The predicted octanol–water partition coefficient (Wildman–Crippen LogP) is 3.56. The summed E-state index contributed by atoms with van der Waals surface area (Å²) in [4.78, 5) is 14.2. The van der Waals surface area contributed by atoms with E-state index in [1.54, 1.807) is 0 Å². The van der Waals surface area contributed by atoms with E-state index in [1.807, 2.05) is 25.7 Å². The second kappa shape index (κ2) is 5.39. The average Bonchev–Trinajstić information content (AvgIpc) is 2.15. The number of carbonyl (C=O) groups excluding carboxylic acids is 1. The minimum absolute atomic E-state index is 0.177. The number of halogens is 1. The van der Waals surface area contributed by atoms with Crippen LogP contribution < -0.4 is 0 Å². The lowest BCUT2D eigenvalue weighted by molar-refractivity contribution is 0.0103. The molecule has 1 rings (SSSR count). The van der Waals surface area contributed by atoms with Crippen molar-refractivity contribution in [3.8, 4) is 0 Å². The molecule has 4 heteroatoms. The van der Waals surface area contributed by atoms with Gasteiger partial charge in [-0.05, 0) is 40.0 Å². The second-order valence-corrected chi connectivity index (χ2v) is 6.86. The lowest BCUT2D eigenvalue weighted by Crippen LogP contribution is -2.49. The molecule has 2 atom stereocenters.